The van der Waals surface area contributed by atoms with E-state index in [-0.39, 0.29) is 6.61 Å². The number of rotatable bonds is 6. The Hall–Kier alpha value is -0.290. The minimum absolute atomic E-state index is 0.0115. The van der Waals surface area contributed by atoms with E-state index in [0.717, 1.165) is 16.6 Å². The number of hydrogen-bond donors (Lipinski definition) is 2. The number of methoxy groups -OCH3 is 1. The Kier molecular flexibility index (Phi) is 5.73. The molecule has 17 heavy (non-hydrogen) atoms. The third kappa shape index (κ3) is 3.85. The average Bonchev–Trinajstić information content (AvgIpc) is 2.33. The van der Waals surface area contributed by atoms with E-state index in [1.165, 1.54) is 0 Å². The molecule has 0 aliphatic heterocycles. The van der Waals surface area contributed by atoms with Crippen LogP contribution in [0.4, 0.5) is 5.69 Å². The number of nitrogens with one attached hydrogen (secondary N) is 1. The molecule has 0 bridgehead atoms. The van der Waals surface area contributed by atoms with Gasteiger partial charge < -0.3 is 15.2 Å². The number of hydrogen-bond acceptors (Lipinski definition) is 3. The van der Waals surface area contributed by atoms with Crippen molar-refractivity contribution in [2.45, 2.75) is 18.9 Å². The predicted molar refractivity (Wildman–Crippen MR) is 74.8 cm³/mol. The Balaban J connectivity index is 2.89. The van der Waals surface area contributed by atoms with Gasteiger partial charge in [-0.2, -0.15) is 0 Å². The maximum atomic E-state index is 9.51. The van der Waals surface area contributed by atoms with Crippen LogP contribution in [0.2, 0.25) is 5.02 Å². The van der Waals surface area contributed by atoms with Crippen LogP contribution in [-0.4, -0.2) is 31.0 Å². The summed E-state index contributed by atoms with van der Waals surface area (Å²) in [5.74, 6) is 0. The molecular formula is C12H17BrClNO2. The highest BCUT2D eigenvalue weighted by Gasteiger charge is 2.27. The number of anilines is 1. The smallest absolute Gasteiger partial charge is 0.0834 e. The molecule has 96 valence electrons. The summed E-state index contributed by atoms with van der Waals surface area (Å²) in [6, 6.07) is 5.57. The van der Waals surface area contributed by atoms with Gasteiger partial charge in [0.15, 0.2) is 0 Å². The maximum Gasteiger partial charge on any atom is 0.0834 e. The van der Waals surface area contributed by atoms with Gasteiger partial charge in [-0.3, -0.25) is 0 Å². The third-order valence-electron chi connectivity index (χ3n) is 2.73. The number of aliphatic hydroxyl groups excluding tert-OH is 1. The van der Waals surface area contributed by atoms with Gasteiger partial charge in [-0.25, -0.2) is 0 Å². The Morgan fingerprint density at radius 3 is 2.71 bits per heavy atom. The van der Waals surface area contributed by atoms with Crippen LogP contribution in [0.15, 0.2) is 22.7 Å². The summed E-state index contributed by atoms with van der Waals surface area (Å²) < 4.78 is 5.98. The van der Waals surface area contributed by atoms with Gasteiger partial charge in [-0.15, -0.1) is 0 Å². The van der Waals surface area contributed by atoms with Crippen LogP contribution in [0.3, 0.4) is 0 Å². The Morgan fingerprint density at radius 2 is 2.24 bits per heavy atom. The van der Waals surface area contributed by atoms with Crippen LogP contribution in [0.1, 0.15) is 13.3 Å². The monoisotopic (exact) mass is 321 g/mol. The Morgan fingerprint density at radius 1 is 1.53 bits per heavy atom. The van der Waals surface area contributed by atoms with E-state index in [0.29, 0.717) is 11.6 Å². The molecule has 0 amide bonds. The predicted octanol–water partition coefficient (Wildman–Crippen LogP) is 3.30. The standard InChI is InChI=1S/C12H17BrClNO2/c1-3-12(7-16,8-17-2)15-9-4-5-11(14)10(13)6-9/h4-6,15-16H,3,7-8H2,1-2H3. The molecule has 0 aliphatic carbocycles. The lowest BCUT2D eigenvalue weighted by atomic mass is 9.98. The van der Waals surface area contributed by atoms with Crippen LogP contribution >= 0.6 is 27.5 Å². The van der Waals surface area contributed by atoms with E-state index in [1.807, 2.05) is 19.1 Å². The van der Waals surface area contributed by atoms with Crippen LogP contribution < -0.4 is 5.32 Å². The first-order valence-corrected chi connectivity index (χ1v) is 6.57. The zero-order valence-corrected chi connectivity index (χ0v) is 12.3. The molecule has 0 saturated heterocycles. The van der Waals surface area contributed by atoms with Gasteiger partial charge in [0.1, 0.15) is 0 Å². The Bertz CT molecular complexity index is 370. The first kappa shape index (κ1) is 14.8. The summed E-state index contributed by atoms with van der Waals surface area (Å²) in [7, 11) is 1.62. The highest BCUT2D eigenvalue weighted by molar-refractivity contribution is 9.10. The van der Waals surface area contributed by atoms with Crippen molar-refractivity contribution >= 4 is 33.2 Å². The molecule has 3 nitrogen and oxygen atoms in total. The summed E-state index contributed by atoms with van der Waals surface area (Å²) in [6.07, 6.45) is 0.761. The first-order valence-electron chi connectivity index (χ1n) is 5.40. The summed E-state index contributed by atoms with van der Waals surface area (Å²) in [5, 5.41) is 13.5. The van der Waals surface area contributed by atoms with Crippen molar-refractivity contribution in [1.82, 2.24) is 0 Å². The molecular weight excluding hydrogens is 305 g/mol. The third-order valence-corrected chi connectivity index (χ3v) is 3.94. The molecule has 1 rings (SSSR count). The van der Waals surface area contributed by atoms with Crippen molar-refractivity contribution in [2.24, 2.45) is 0 Å². The zero-order valence-electron chi connectivity index (χ0n) is 9.96. The highest BCUT2D eigenvalue weighted by Crippen LogP contribution is 2.28. The van der Waals surface area contributed by atoms with Gasteiger partial charge in [0, 0.05) is 17.3 Å². The van der Waals surface area contributed by atoms with Crippen molar-refractivity contribution in [3.63, 3.8) is 0 Å². The van der Waals surface area contributed by atoms with Crippen LogP contribution in [0.5, 0.6) is 0 Å². The molecule has 0 radical (unpaired) electrons. The van der Waals surface area contributed by atoms with E-state index in [4.69, 9.17) is 16.3 Å². The summed E-state index contributed by atoms with van der Waals surface area (Å²) in [6.45, 7) is 2.46. The van der Waals surface area contributed by atoms with E-state index < -0.39 is 5.54 Å². The average molecular weight is 323 g/mol. The Labute approximate surface area is 115 Å². The molecule has 0 spiro atoms. The van der Waals surface area contributed by atoms with Crippen molar-refractivity contribution in [2.75, 3.05) is 25.6 Å². The first-order chi connectivity index (χ1) is 8.06. The van der Waals surface area contributed by atoms with Gasteiger partial charge >= 0.3 is 0 Å². The molecule has 0 heterocycles. The number of benzene rings is 1. The molecule has 1 atom stereocenters. The maximum absolute atomic E-state index is 9.51. The lowest BCUT2D eigenvalue weighted by molar-refractivity contribution is 0.0962. The fourth-order valence-electron chi connectivity index (χ4n) is 1.58. The molecule has 2 N–H and O–H groups in total. The highest BCUT2D eigenvalue weighted by atomic mass is 79.9. The molecule has 1 aromatic carbocycles. The van der Waals surface area contributed by atoms with Gasteiger partial charge in [-0.05, 0) is 40.5 Å². The van der Waals surface area contributed by atoms with Crippen LogP contribution in [-0.2, 0) is 4.74 Å². The second-order valence-corrected chi connectivity index (χ2v) is 5.24. The molecule has 0 aliphatic rings. The summed E-state index contributed by atoms with van der Waals surface area (Å²) >= 11 is 9.30. The van der Waals surface area contributed by atoms with Gasteiger partial charge in [-0.1, -0.05) is 18.5 Å². The van der Waals surface area contributed by atoms with Gasteiger partial charge in [0.2, 0.25) is 0 Å². The molecule has 0 fully saturated rings. The molecule has 1 aromatic rings. The van der Waals surface area contributed by atoms with Gasteiger partial charge in [0.05, 0.1) is 23.8 Å². The van der Waals surface area contributed by atoms with Crippen LogP contribution in [0.25, 0.3) is 0 Å². The number of ether oxygens (including phenoxy) is 1. The van der Waals surface area contributed by atoms with Crippen molar-refractivity contribution in [3.05, 3.63) is 27.7 Å². The second-order valence-electron chi connectivity index (χ2n) is 3.98. The molecule has 0 saturated carbocycles. The summed E-state index contributed by atoms with van der Waals surface area (Å²) in [5.41, 5.74) is 0.441. The fourth-order valence-corrected chi connectivity index (χ4v) is 2.08. The number of aliphatic hydroxyl groups is 1. The van der Waals surface area contributed by atoms with E-state index in [2.05, 4.69) is 21.2 Å². The van der Waals surface area contributed by atoms with E-state index in [1.54, 1.807) is 13.2 Å². The SMILES string of the molecule is CCC(CO)(COC)Nc1ccc(Cl)c(Br)c1. The van der Waals surface area contributed by atoms with Crippen molar-refractivity contribution in [3.8, 4) is 0 Å². The van der Waals surface area contributed by atoms with Crippen molar-refractivity contribution < 1.29 is 9.84 Å². The minimum atomic E-state index is -0.456. The number of halogens is 2. The molecule has 5 heteroatoms. The van der Waals surface area contributed by atoms with E-state index >= 15 is 0 Å². The molecule has 0 aromatic heterocycles. The second kappa shape index (κ2) is 6.59. The lowest BCUT2D eigenvalue weighted by Crippen LogP contribution is -2.45. The van der Waals surface area contributed by atoms with Crippen molar-refractivity contribution in [1.29, 1.82) is 0 Å². The largest absolute Gasteiger partial charge is 0.394 e. The topological polar surface area (TPSA) is 41.5 Å². The minimum Gasteiger partial charge on any atom is -0.394 e. The van der Waals surface area contributed by atoms with Gasteiger partial charge in [0.25, 0.3) is 0 Å². The quantitative estimate of drug-likeness (QED) is 0.844. The zero-order chi connectivity index (χ0) is 12.9. The molecule has 1 unspecified atom stereocenters. The van der Waals surface area contributed by atoms with E-state index in [9.17, 15) is 5.11 Å². The lowest BCUT2D eigenvalue weighted by Gasteiger charge is -2.32. The van der Waals surface area contributed by atoms with Crippen LogP contribution in [0, 0.1) is 0 Å². The normalized spacial score (nSPS) is 14.4. The fraction of sp³-hybridized carbons (Fsp3) is 0.500. The summed E-state index contributed by atoms with van der Waals surface area (Å²) in [4.78, 5) is 0.